The maximum atomic E-state index is 13.0. The van der Waals surface area contributed by atoms with Gasteiger partial charge >= 0.3 is 0 Å². The SMILES string of the molecule is CCCOc1ccc(CN(CCC)C(=O)Cc2csc(-c3cccs3)n2)cc1OC. The van der Waals surface area contributed by atoms with E-state index in [2.05, 4.69) is 24.9 Å². The van der Waals surface area contributed by atoms with Gasteiger partial charge in [0.2, 0.25) is 5.91 Å². The lowest BCUT2D eigenvalue weighted by Gasteiger charge is -2.22. The number of hydrogen-bond acceptors (Lipinski definition) is 6. The van der Waals surface area contributed by atoms with Gasteiger partial charge in [-0.25, -0.2) is 4.98 Å². The van der Waals surface area contributed by atoms with Crippen LogP contribution in [0.25, 0.3) is 9.88 Å². The number of rotatable bonds is 11. The highest BCUT2D eigenvalue weighted by molar-refractivity contribution is 7.20. The summed E-state index contributed by atoms with van der Waals surface area (Å²) < 4.78 is 11.2. The van der Waals surface area contributed by atoms with Crippen molar-refractivity contribution in [2.45, 2.75) is 39.7 Å². The molecule has 0 radical (unpaired) electrons. The molecular formula is C23H28N2O3S2. The van der Waals surface area contributed by atoms with Gasteiger partial charge in [0, 0.05) is 18.5 Å². The fourth-order valence-electron chi connectivity index (χ4n) is 3.09. The van der Waals surface area contributed by atoms with Crippen LogP contribution in [0.3, 0.4) is 0 Å². The number of amides is 1. The van der Waals surface area contributed by atoms with Crippen molar-refractivity contribution in [3.05, 3.63) is 52.3 Å². The van der Waals surface area contributed by atoms with E-state index in [0.717, 1.165) is 39.7 Å². The van der Waals surface area contributed by atoms with Crippen LogP contribution in [-0.2, 0) is 17.8 Å². The summed E-state index contributed by atoms with van der Waals surface area (Å²) in [5, 5.41) is 5.00. The minimum Gasteiger partial charge on any atom is -0.493 e. The molecule has 0 aliphatic carbocycles. The molecule has 0 atom stereocenters. The number of carbonyl (C=O) groups excluding carboxylic acids is 1. The van der Waals surface area contributed by atoms with Gasteiger partial charge in [0.15, 0.2) is 11.5 Å². The zero-order valence-corrected chi connectivity index (χ0v) is 19.4. The molecule has 0 saturated carbocycles. The zero-order valence-electron chi connectivity index (χ0n) is 17.7. The van der Waals surface area contributed by atoms with Crippen molar-refractivity contribution >= 4 is 28.6 Å². The second-order valence-electron chi connectivity index (χ2n) is 6.95. The van der Waals surface area contributed by atoms with Crippen molar-refractivity contribution < 1.29 is 14.3 Å². The molecule has 0 fully saturated rings. The van der Waals surface area contributed by atoms with Crippen LogP contribution < -0.4 is 9.47 Å². The average molecular weight is 445 g/mol. The highest BCUT2D eigenvalue weighted by atomic mass is 32.1. The van der Waals surface area contributed by atoms with Crippen molar-refractivity contribution in [2.75, 3.05) is 20.3 Å². The van der Waals surface area contributed by atoms with E-state index in [1.54, 1.807) is 29.8 Å². The molecule has 0 spiro atoms. The molecule has 2 heterocycles. The van der Waals surface area contributed by atoms with Gasteiger partial charge in [-0.3, -0.25) is 4.79 Å². The number of carbonyl (C=O) groups is 1. The molecule has 3 aromatic rings. The third-order valence-electron chi connectivity index (χ3n) is 4.53. The molecule has 30 heavy (non-hydrogen) atoms. The molecule has 0 aliphatic rings. The molecule has 1 aromatic carbocycles. The van der Waals surface area contributed by atoms with Gasteiger partial charge in [0.1, 0.15) is 5.01 Å². The maximum absolute atomic E-state index is 13.0. The predicted octanol–water partition coefficient (Wildman–Crippen LogP) is 5.65. The van der Waals surface area contributed by atoms with E-state index in [9.17, 15) is 4.79 Å². The van der Waals surface area contributed by atoms with E-state index in [1.165, 1.54) is 0 Å². The van der Waals surface area contributed by atoms with Crippen LogP contribution in [0.1, 0.15) is 37.9 Å². The second kappa shape index (κ2) is 11.1. The van der Waals surface area contributed by atoms with Crippen LogP contribution in [0.15, 0.2) is 41.1 Å². The van der Waals surface area contributed by atoms with Crippen LogP contribution in [0, 0.1) is 0 Å². The molecule has 3 rings (SSSR count). The molecule has 0 N–H and O–H groups in total. The van der Waals surface area contributed by atoms with Gasteiger partial charge in [-0.05, 0) is 42.0 Å². The largest absolute Gasteiger partial charge is 0.493 e. The molecule has 7 heteroatoms. The third-order valence-corrected chi connectivity index (χ3v) is 6.46. The minimum atomic E-state index is 0.0881. The van der Waals surface area contributed by atoms with Gasteiger partial charge in [-0.15, -0.1) is 22.7 Å². The Bertz CT molecular complexity index is 938. The van der Waals surface area contributed by atoms with Gasteiger partial charge in [-0.2, -0.15) is 0 Å². The number of methoxy groups -OCH3 is 1. The van der Waals surface area contributed by atoms with Gasteiger partial charge in [-0.1, -0.05) is 26.0 Å². The van der Waals surface area contributed by atoms with E-state index in [4.69, 9.17) is 9.47 Å². The average Bonchev–Trinajstić information content (AvgIpc) is 3.44. The van der Waals surface area contributed by atoms with E-state index >= 15 is 0 Å². The molecule has 0 saturated heterocycles. The van der Waals surface area contributed by atoms with Crippen LogP contribution in [0.2, 0.25) is 0 Å². The molecule has 0 unspecified atom stereocenters. The van der Waals surface area contributed by atoms with Crippen LogP contribution in [0.5, 0.6) is 11.5 Å². The molecule has 0 bridgehead atoms. The standard InChI is InChI=1S/C23H28N2O3S2/c1-4-10-25(15-17-8-9-19(28-11-5-2)20(13-17)27-3)22(26)14-18-16-30-23(24-18)21-7-6-12-29-21/h6-9,12-13,16H,4-5,10-11,14-15H2,1-3H3. The van der Waals surface area contributed by atoms with Crippen molar-refractivity contribution in [1.29, 1.82) is 0 Å². The number of benzene rings is 1. The van der Waals surface area contributed by atoms with Crippen LogP contribution in [0.4, 0.5) is 0 Å². The Kier molecular flexibility index (Phi) is 8.28. The first-order valence-electron chi connectivity index (χ1n) is 10.2. The molecule has 1 amide bonds. The number of nitrogens with zero attached hydrogens (tertiary/aromatic N) is 2. The normalized spacial score (nSPS) is 10.8. The van der Waals surface area contributed by atoms with E-state index in [-0.39, 0.29) is 5.91 Å². The Balaban J connectivity index is 1.68. The van der Waals surface area contributed by atoms with E-state index in [0.29, 0.717) is 31.9 Å². The number of thiophene rings is 1. The van der Waals surface area contributed by atoms with Crippen molar-refractivity contribution in [3.63, 3.8) is 0 Å². The summed E-state index contributed by atoms with van der Waals surface area (Å²) in [5.41, 5.74) is 1.85. The Morgan fingerprint density at radius 3 is 2.70 bits per heavy atom. The van der Waals surface area contributed by atoms with E-state index in [1.807, 2.05) is 39.9 Å². The summed E-state index contributed by atoms with van der Waals surface area (Å²) in [4.78, 5) is 20.7. The lowest BCUT2D eigenvalue weighted by atomic mass is 10.1. The summed E-state index contributed by atoms with van der Waals surface area (Å²) in [6.45, 7) is 6.05. The highest BCUT2D eigenvalue weighted by Gasteiger charge is 2.17. The van der Waals surface area contributed by atoms with Gasteiger partial charge in [0.05, 0.1) is 30.7 Å². The number of thiazole rings is 1. The molecule has 160 valence electrons. The highest BCUT2D eigenvalue weighted by Crippen LogP contribution is 2.30. The Labute approximate surface area is 186 Å². The monoisotopic (exact) mass is 444 g/mol. The summed E-state index contributed by atoms with van der Waals surface area (Å²) >= 11 is 3.25. The number of ether oxygens (including phenoxy) is 2. The maximum Gasteiger partial charge on any atom is 0.228 e. The van der Waals surface area contributed by atoms with Crippen molar-refractivity contribution in [3.8, 4) is 21.4 Å². The number of aromatic nitrogens is 1. The fourth-order valence-corrected chi connectivity index (χ4v) is 4.73. The minimum absolute atomic E-state index is 0.0881. The Morgan fingerprint density at radius 1 is 1.13 bits per heavy atom. The Morgan fingerprint density at radius 2 is 2.00 bits per heavy atom. The molecule has 0 aliphatic heterocycles. The predicted molar refractivity (Wildman–Crippen MR) is 124 cm³/mol. The molecule has 5 nitrogen and oxygen atoms in total. The smallest absolute Gasteiger partial charge is 0.228 e. The van der Waals surface area contributed by atoms with Crippen molar-refractivity contribution in [2.24, 2.45) is 0 Å². The zero-order chi connectivity index (χ0) is 21.3. The summed E-state index contributed by atoms with van der Waals surface area (Å²) in [6.07, 6.45) is 2.16. The molecule has 2 aromatic heterocycles. The Hall–Kier alpha value is -2.38. The van der Waals surface area contributed by atoms with Crippen molar-refractivity contribution in [1.82, 2.24) is 9.88 Å². The van der Waals surface area contributed by atoms with E-state index < -0.39 is 0 Å². The van der Waals surface area contributed by atoms with Crippen LogP contribution >= 0.6 is 22.7 Å². The van der Waals surface area contributed by atoms with Gasteiger partial charge < -0.3 is 14.4 Å². The third kappa shape index (κ3) is 5.83. The summed E-state index contributed by atoms with van der Waals surface area (Å²) in [5.74, 6) is 1.52. The first-order valence-corrected chi connectivity index (χ1v) is 12.0. The van der Waals surface area contributed by atoms with Crippen LogP contribution in [-0.4, -0.2) is 36.1 Å². The quantitative estimate of drug-likeness (QED) is 0.383. The first kappa shape index (κ1) is 22.3. The summed E-state index contributed by atoms with van der Waals surface area (Å²) in [7, 11) is 1.64. The molecular weight excluding hydrogens is 416 g/mol. The number of hydrogen-bond donors (Lipinski definition) is 0. The van der Waals surface area contributed by atoms with Gasteiger partial charge in [0.25, 0.3) is 0 Å². The topological polar surface area (TPSA) is 51.7 Å². The summed E-state index contributed by atoms with van der Waals surface area (Å²) in [6, 6.07) is 9.95. The first-order chi connectivity index (χ1) is 14.6. The fraction of sp³-hybridized carbons (Fsp3) is 0.391. The second-order valence-corrected chi connectivity index (χ2v) is 8.75. The lowest BCUT2D eigenvalue weighted by Crippen LogP contribution is -2.32. The lowest BCUT2D eigenvalue weighted by molar-refractivity contribution is -0.131.